The third-order valence-corrected chi connectivity index (χ3v) is 4.42. The molecule has 27 heavy (non-hydrogen) atoms. The van der Waals surface area contributed by atoms with E-state index in [2.05, 4.69) is 20.8 Å². The molecule has 0 spiro atoms. The van der Waals surface area contributed by atoms with Gasteiger partial charge in [-0.15, -0.1) is 0 Å². The van der Waals surface area contributed by atoms with Gasteiger partial charge >= 0.3 is 5.97 Å². The Morgan fingerprint density at radius 1 is 0.630 bits per heavy atom. The van der Waals surface area contributed by atoms with Crippen molar-refractivity contribution < 1.29 is 23.7 Å². The van der Waals surface area contributed by atoms with Gasteiger partial charge in [0.25, 0.3) is 0 Å². The Morgan fingerprint density at radius 3 is 1.37 bits per heavy atom. The lowest BCUT2D eigenvalue weighted by Crippen LogP contribution is -2.45. The van der Waals surface area contributed by atoms with Crippen molar-refractivity contribution in [1.29, 1.82) is 0 Å². The van der Waals surface area contributed by atoms with E-state index in [0.29, 0.717) is 19.8 Å². The maximum absolute atomic E-state index is 10.6. The van der Waals surface area contributed by atoms with Gasteiger partial charge in [0.2, 0.25) is 0 Å². The summed E-state index contributed by atoms with van der Waals surface area (Å²) in [5.41, 5.74) is 0. The standard InChI is InChI=1S/C22H44O5/c1-4-7-10-13-17-25-22(21-24-20-16-23,26-18-14-11-8-5-2)27-19-15-12-9-6-3/h16H,4-15,17-21H2,1-3H3. The van der Waals surface area contributed by atoms with E-state index in [4.69, 9.17) is 18.9 Å². The Kier molecular flexibility index (Phi) is 19.9. The minimum Gasteiger partial charge on any atom is -0.366 e. The number of unbranched alkanes of at least 4 members (excludes halogenated alkanes) is 9. The molecule has 0 rings (SSSR count). The molecule has 0 N–H and O–H groups in total. The molecule has 0 aromatic heterocycles. The van der Waals surface area contributed by atoms with Crippen LogP contribution in [0.5, 0.6) is 0 Å². The van der Waals surface area contributed by atoms with Crippen LogP contribution >= 0.6 is 0 Å². The second-order valence-corrected chi connectivity index (χ2v) is 7.09. The Morgan fingerprint density at radius 2 is 1.04 bits per heavy atom. The Balaban J connectivity index is 4.63. The second kappa shape index (κ2) is 20.2. The van der Waals surface area contributed by atoms with Crippen LogP contribution in [0.4, 0.5) is 0 Å². The molecule has 0 aromatic carbocycles. The highest BCUT2D eigenvalue weighted by Gasteiger charge is 2.34. The van der Waals surface area contributed by atoms with Crippen LogP contribution in [-0.2, 0) is 23.7 Å². The molecule has 0 saturated carbocycles. The normalized spacial score (nSPS) is 11.8. The molecule has 0 fully saturated rings. The first-order valence-electron chi connectivity index (χ1n) is 11.2. The quantitative estimate of drug-likeness (QED) is 0.136. The van der Waals surface area contributed by atoms with Crippen molar-refractivity contribution in [2.24, 2.45) is 0 Å². The van der Waals surface area contributed by atoms with E-state index in [9.17, 15) is 4.79 Å². The van der Waals surface area contributed by atoms with Gasteiger partial charge in [0.15, 0.2) is 0 Å². The van der Waals surface area contributed by atoms with Gasteiger partial charge < -0.3 is 23.7 Å². The van der Waals surface area contributed by atoms with E-state index < -0.39 is 5.97 Å². The van der Waals surface area contributed by atoms with Crippen LogP contribution in [0.3, 0.4) is 0 Å². The Labute approximate surface area is 167 Å². The van der Waals surface area contributed by atoms with Gasteiger partial charge in [0, 0.05) is 0 Å². The second-order valence-electron chi connectivity index (χ2n) is 7.09. The summed E-state index contributed by atoms with van der Waals surface area (Å²) in [6.45, 7) is 8.46. The first-order chi connectivity index (χ1) is 13.2. The van der Waals surface area contributed by atoms with Crippen molar-refractivity contribution >= 4 is 6.29 Å². The van der Waals surface area contributed by atoms with Crippen molar-refractivity contribution in [2.75, 3.05) is 33.0 Å². The molecular weight excluding hydrogens is 344 g/mol. The number of carbonyl (C=O) groups excluding carboxylic acids is 1. The molecule has 0 aromatic rings. The molecule has 0 aliphatic rings. The van der Waals surface area contributed by atoms with E-state index in [1.165, 1.54) is 38.5 Å². The summed E-state index contributed by atoms with van der Waals surface area (Å²) in [7, 11) is 0. The van der Waals surface area contributed by atoms with Gasteiger partial charge in [-0.3, -0.25) is 0 Å². The fourth-order valence-electron chi connectivity index (χ4n) is 2.75. The number of hydrogen-bond donors (Lipinski definition) is 0. The van der Waals surface area contributed by atoms with Gasteiger partial charge in [0.1, 0.15) is 19.5 Å². The first-order valence-corrected chi connectivity index (χ1v) is 11.2. The predicted molar refractivity (Wildman–Crippen MR) is 110 cm³/mol. The summed E-state index contributed by atoms with van der Waals surface area (Å²) >= 11 is 0. The predicted octanol–water partition coefficient (Wildman–Crippen LogP) is 5.65. The van der Waals surface area contributed by atoms with Gasteiger partial charge in [0.05, 0.1) is 19.8 Å². The average molecular weight is 389 g/mol. The van der Waals surface area contributed by atoms with Crippen molar-refractivity contribution in [3.8, 4) is 0 Å². The van der Waals surface area contributed by atoms with E-state index >= 15 is 0 Å². The van der Waals surface area contributed by atoms with Crippen LogP contribution in [-0.4, -0.2) is 45.3 Å². The molecule has 0 amide bonds. The lowest BCUT2D eigenvalue weighted by atomic mass is 10.2. The van der Waals surface area contributed by atoms with Crippen LogP contribution < -0.4 is 0 Å². The van der Waals surface area contributed by atoms with E-state index in [1.807, 2.05) is 0 Å². The van der Waals surface area contributed by atoms with Crippen molar-refractivity contribution in [1.82, 2.24) is 0 Å². The third kappa shape index (κ3) is 16.2. The molecule has 0 aliphatic carbocycles. The largest absolute Gasteiger partial charge is 0.366 e. The highest BCUT2D eigenvalue weighted by atomic mass is 16.9. The van der Waals surface area contributed by atoms with Crippen LogP contribution in [0.15, 0.2) is 0 Å². The van der Waals surface area contributed by atoms with Gasteiger partial charge in [-0.05, 0) is 19.3 Å². The third-order valence-electron chi connectivity index (χ3n) is 4.42. The van der Waals surface area contributed by atoms with Crippen molar-refractivity contribution in [2.45, 2.75) is 104 Å². The maximum Gasteiger partial charge on any atom is 0.307 e. The van der Waals surface area contributed by atoms with Crippen LogP contribution in [0, 0.1) is 0 Å². The monoisotopic (exact) mass is 388 g/mol. The minimum atomic E-state index is -1.19. The Bertz CT molecular complexity index is 273. The smallest absolute Gasteiger partial charge is 0.307 e. The molecule has 162 valence electrons. The molecule has 0 radical (unpaired) electrons. The fraction of sp³-hybridized carbons (Fsp3) is 0.955. The topological polar surface area (TPSA) is 54.0 Å². The van der Waals surface area contributed by atoms with Crippen molar-refractivity contribution in [3.63, 3.8) is 0 Å². The highest BCUT2D eigenvalue weighted by Crippen LogP contribution is 2.20. The summed E-state index contributed by atoms with van der Waals surface area (Å²) < 4.78 is 23.6. The fourth-order valence-corrected chi connectivity index (χ4v) is 2.75. The number of rotatable bonds is 22. The summed E-state index contributed by atoms with van der Waals surface area (Å²) in [6.07, 6.45) is 14.2. The molecule has 5 heteroatoms. The first kappa shape index (κ1) is 26.5. The number of ether oxygens (including phenoxy) is 4. The summed E-state index contributed by atoms with van der Waals surface area (Å²) in [4.78, 5) is 10.6. The summed E-state index contributed by atoms with van der Waals surface area (Å²) in [5, 5.41) is 0. The van der Waals surface area contributed by atoms with E-state index in [1.54, 1.807) is 0 Å². The van der Waals surface area contributed by atoms with Gasteiger partial charge in [-0.25, -0.2) is 0 Å². The summed E-state index contributed by atoms with van der Waals surface area (Å²) in [6, 6.07) is 0. The minimum absolute atomic E-state index is 0.0271. The number of hydrogen-bond acceptors (Lipinski definition) is 5. The molecule has 0 saturated heterocycles. The average Bonchev–Trinajstić information content (AvgIpc) is 2.67. The highest BCUT2D eigenvalue weighted by molar-refractivity contribution is 5.50. The lowest BCUT2D eigenvalue weighted by Gasteiger charge is -2.33. The molecule has 0 aliphatic heterocycles. The SMILES string of the molecule is CCCCCCOC(COCC=O)(OCCCCCC)OCCCCCC. The van der Waals surface area contributed by atoms with E-state index in [-0.39, 0.29) is 13.2 Å². The molecular formula is C22H44O5. The number of aldehydes is 1. The zero-order chi connectivity index (χ0) is 20.1. The lowest BCUT2D eigenvalue weighted by molar-refractivity contribution is -0.394. The zero-order valence-corrected chi connectivity index (χ0v) is 18.1. The number of carbonyl (C=O) groups is 1. The molecule has 0 unspecified atom stereocenters. The van der Waals surface area contributed by atoms with Gasteiger partial charge in [-0.2, -0.15) is 0 Å². The van der Waals surface area contributed by atoms with Gasteiger partial charge in [-0.1, -0.05) is 78.6 Å². The molecule has 0 bridgehead atoms. The van der Waals surface area contributed by atoms with Crippen LogP contribution in [0.2, 0.25) is 0 Å². The van der Waals surface area contributed by atoms with Crippen LogP contribution in [0.1, 0.15) is 97.8 Å². The zero-order valence-electron chi connectivity index (χ0n) is 18.1. The molecule has 0 heterocycles. The summed E-state index contributed by atoms with van der Waals surface area (Å²) in [5.74, 6) is -1.19. The van der Waals surface area contributed by atoms with E-state index in [0.717, 1.165) is 44.8 Å². The Hall–Kier alpha value is -0.490. The molecule has 0 atom stereocenters. The molecule has 5 nitrogen and oxygen atoms in total. The van der Waals surface area contributed by atoms with Crippen molar-refractivity contribution in [3.05, 3.63) is 0 Å². The van der Waals surface area contributed by atoms with Crippen LogP contribution in [0.25, 0.3) is 0 Å². The maximum atomic E-state index is 10.6.